The molecule has 0 aliphatic heterocycles. The van der Waals surface area contributed by atoms with Gasteiger partial charge in [0, 0.05) is 11.5 Å². The number of rotatable bonds is 7. The van der Waals surface area contributed by atoms with Gasteiger partial charge in [-0.3, -0.25) is 4.79 Å². The molecule has 0 aliphatic carbocycles. The Morgan fingerprint density at radius 1 is 1.20 bits per heavy atom. The van der Waals surface area contributed by atoms with Crippen LogP contribution >= 0.6 is 11.3 Å². The molecule has 0 aliphatic rings. The second kappa shape index (κ2) is 7.22. The molecule has 20 heavy (non-hydrogen) atoms. The topological polar surface area (TPSA) is 46.5 Å². The smallest absolute Gasteiger partial charge is 0.210 e. The number of thiophene rings is 1. The number of benzene rings is 1. The summed E-state index contributed by atoms with van der Waals surface area (Å²) in [5, 5.41) is 8.84. The Morgan fingerprint density at radius 2 is 1.95 bits per heavy atom. The molecule has 1 N–H and O–H groups in total. The van der Waals surface area contributed by atoms with E-state index in [1.165, 1.54) is 16.2 Å². The average molecular weight is 290 g/mol. The maximum Gasteiger partial charge on any atom is 0.210 e. The van der Waals surface area contributed by atoms with Crippen LogP contribution in [0.1, 0.15) is 27.0 Å². The lowest BCUT2D eigenvalue weighted by Crippen LogP contribution is -2.10. The van der Waals surface area contributed by atoms with Crippen molar-refractivity contribution in [3.63, 3.8) is 0 Å². The molecule has 0 radical (unpaired) electrons. The molecule has 1 aromatic heterocycles. The Balaban J connectivity index is 1.89. The van der Waals surface area contributed by atoms with Crippen molar-refractivity contribution in [2.24, 2.45) is 0 Å². The van der Waals surface area contributed by atoms with Crippen molar-refractivity contribution < 1.29 is 14.6 Å². The van der Waals surface area contributed by atoms with Gasteiger partial charge in [0.25, 0.3) is 0 Å². The Hall–Kier alpha value is -1.65. The first-order valence-corrected chi connectivity index (χ1v) is 7.49. The summed E-state index contributed by atoms with van der Waals surface area (Å²) in [5.74, 6) is 0.682. The van der Waals surface area contributed by atoms with Crippen LogP contribution in [0.25, 0.3) is 0 Å². The maximum atomic E-state index is 12.0. The first-order valence-electron chi connectivity index (χ1n) is 6.67. The van der Waals surface area contributed by atoms with E-state index < -0.39 is 0 Å². The Bertz CT molecular complexity index is 557. The first kappa shape index (κ1) is 14.8. The predicted octanol–water partition coefficient (Wildman–Crippen LogP) is 3.11. The minimum atomic E-state index is 0.00846. The number of ketones is 1. The molecular formula is C16H18O3S. The van der Waals surface area contributed by atoms with Gasteiger partial charge >= 0.3 is 0 Å². The van der Waals surface area contributed by atoms with E-state index in [4.69, 9.17) is 9.84 Å². The number of carbonyl (C=O) groups is 1. The number of hydrogen-bond acceptors (Lipinski definition) is 4. The van der Waals surface area contributed by atoms with Gasteiger partial charge in [0.15, 0.2) is 6.61 Å². The molecular weight excluding hydrogens is 272 g/mol. The molecule has 4 heteroatoms. The standard InChI is InChI=1S/C16H18O3S/c1-2-14-7-8-16(20-14)15(18)11-19-13-5-3-12(4-6-13)9-10-17/h3-8,17H,2,9-11H2,1H3. The second-order valence-electron chi connectivity index (χ2n) is 4.45. The van der Waals surface area contributed by atoms with Gasteiger partial charge in [-0.05, 0) is 42.7 Å². The van der Waals surface area contributed by atoms with Crippen molar-refractivity contribution in [1.82, 2.24) is 0 Å². The van der Waals surface area contributed by atoms with E-state index in [0.29, 0.717) is 12.2 Å². The van der Waals surface area contributed by atoms with E-state index in [2.05, 4.69) is 6.92 Å². The highest BCUT2D eigenvalue weighted by Gasteiger charge is 2.09. The van der Waals surface area contributed by atoms with Gasteiger partial charge in [0.1, 0.15) is 5.75 Å². The van der Waals surface area contributed by atoms with Crippen molar-refractivity contribution >= 4 is 17.1 Å². The zero-order valence-electron chi connectivity index (χ0n) is 11.5. The monoisotopic (exact) mass is 290 g/mol. The molecule has 106 valence electrons. The number of ether oxygens (including phenoxy) is 1. The summed E-state index contributed by atoms with van der Waals surface area (Å²) in [7, 11) is 0. The van der Waals surface area contributed by atoms with Crippen LogP contribution < -0.4 is 4.74 Å². The summed E-state index contributed by atoms with van der Waals surface area (Å²) in [5.41, 5.74) is 1.05. The van der Waals surface area contributed by atoms with Crippen molar-refractivity contribution in [3.05, 3.63) is 51.7 Å². The lowest BCUT2D eigenvalue weighted by molar-refractivity contribution is 0.0925. The fourth-order valence-corrected chi connectivity index (χ4v) is 2.69. The summed E-state index contributed by atoms with van der Waals surface area (Å²) in [6, 6.07) is 11.3. The van der Waals surface area contributed by atoms with E-state index in [1.807, 2.05) is 36.4 Å². The molecule has 0 unspecified atom stereocenters. The molecule has 1 heterocycles. The van der Waals surface area contributed by atoms with Gasteiger partial charge in [-0.2, -0.15) is 0 Å². The molecule has 2 rings (SSSR count). The lowest BCUT2D eigenvalue weighted by atomic mass is 10.1. The van der Waals surface area contributed by atoms with Crippen LogP contribution in [0.4, 0.5) is 0 Å². The van der Waals surface area contributed by atoms with Crippen LogP contribution in [-0.4, -0.2) is 24.1 Å². The number of Topliss-reactive ketones (excluding diaryl/α,β-unsaturated/α-hetero) is 1. The highest BCUT2D eigenvalue weighted by molar-refractivity contribution is 7.14. The van der Waals surface area contributed by atoms with Crippen LogP contribution in [0.5, 0.6) is 5.75 Å². The molecule has 2 aromatic rings. The third-order valence-corrected chi connectivity index (χ3v) is 4.25. The van der Waals surface area contributed by atoms with Gasteiger partial charge in [-0.1, -0.05) is 19.1 Å². The Labute approximate surface area is 122 Å². The zero-order chi connectivity index (χ0) is 14.4. The third-order valence-electron chi connectivity index (χ3n) is 2.98. The summed E-state index contributed by atoms with van der Waals surface area (Å²) < 4.78 is 5.49. The predicted molar refractivity (Wildman–Crippen MR) is 80.8 cm³/mol. The summed E-state index contributed by atoms with van der Waals surface area (Å²) in [6.45, 7) is 2.27. The molecule has 0 bridgehead atoms. The van der Waals surface area contributed by atoms with E-state index >= 15 is 0 Å². The normalized spacial score (nSPS) is 10.5. The van der Waals surface area contributed by atoms with Gasteiger partial charge in [-0.25, -0.2) is 0 Å². The number of carbonyl (C=O) groups excluding carboxylic acids is 1. The SMILES string of the molecule is CCc1ccc(C(=O)COc2ccc(CCO)cc2)s1. The number of aryl methyl sites for hydroxylation is 1. The van der Waals surface area contributed by atoms with Gasteiger partial charge < -0.3 is 9.84 Å². The van der Waals surface area contributed by atoms with Crippen molar-refractivity contribution in [1.29, 1.82) is 0 Å². The Kier molecular flexibility index (Phi) is 5.32. The minimum Gasteiger partial charge on any atom is -0.485 e. The molecule has 0 amide bonds. The lowest BCUT2D eigenvalue weighted by Gasteiger charge is -2.05. The second-order valence-corrected chi connectivity index (χ2v) is 5.62. The van der Waals surface area contributed by atoms with E-state index in [1.54, 1.807) is 0 Å². The van der Waals surface area contributed by atoms with Crippen molar-refractivity contribution in [2.75, 3.05) is 13.2 Å². The van der Waals surface area contributed by atoms with Gasteiger partial charge in [-0.15, -0.1) is 11.3 Å². The fourth-order valence-electron chi connectivity index (χ4n) is 1.82. The highest BCUT2D eigenvalue weighted by atomic mass is 32.1. The van der Waals surface area contributed by atoms with Crippen LogP contribution in [-0.2, 0) is 12.8 Å². The molecule has 3 nitrogen and oxygen atoms in total. The molecule has 0 saturated heterocycles. The number of aliphatic hydroxyl groups excluding tert-OH is 1. The molecule has 0 saturated carbocycles. The minimum absolute atomic E-state index is 0.00846. The van der Waals surface area contributed by atoms with Gasteiger partial charge in [0.2, 0.25) is 5.78 Å². The number of aliphatic hydroxyl groups is 1. The fraction of sp³-hybridized carbons (Fsp3) is 0.312. The molecule has 0 atom stereocenters. The Morgan fingerprint density at radius 3 is 2.55 bits per heavy atom. The average Bonchev–Trinajstić information content (AvgIpc) is 2.95. The molecule has 1 aromatic carbocycles. The summed E-state index contributed by atoms with van der Waals surface area (Å²) >= 11 is 1.53. The maximum absolute atomic E-state index is 12.0. The molecule has 0 spiro atoms. The molecule has 0 fully saturated rings. The van der Waals surface area contributed by atoms with E-state index in [-0.39, 0.29) is 19.0 Å². The largest absolute Gasteiger partial charge is 0.485 e. The van der Waals surface area contributed by atoms with Crippen molar-refractivity contribution in [2.45, 2.75) is 19.8 Å². The third kappa shape index (κ3) is 3.92. The quantitative estimate of drug-likeness (QED) is 0.797. The first-order chi connectivity index (χ1) is 9.72. The van der Waals surface area contributed by atoms with Crippen LogP contribution in [0.15, 0.2) is 36.4 Å². The van der Waals surface area contributed by atoms with E-state index in [0.717, 1.165) is 16.9 Å². The van der Waals surface area contributed by atoms with Crippen molar-refractivity contribution in [3.8, 4) is 5.75 Å². The van der Waals surface area contributed by atoms with Crippen LogP contribution in [0.2, 0.25) is 0 Å². The highest BCUT2D eigenvalue weighted by Crippen LogP contribution is 2.18. The van der Waals surface area contributed by atoms with Crippen LogP contribution in [0, 0.1) is 0 Å². The van der Waals surface area contributed by atoms with Crippen LogP contribution in [0.3, 0.4) is 0 Å². The number of hydrogen-bond donors (Lipinski definition) is 1. The summed E-state index contributed by atoms with van der Waals surface area (Å²) in [4.78, 5) is 13.9. The summed E-state index contributed by atoms with van der Waals surface area (Å²) in [6.07, 6.45) is 1.58. The van der Waals surface area contributed by atoms with E-state index in [9.17, 15) is 4.79 Å². The van der Waals surface area contributed by atoms with Gasteiger partial charge in [0.05, 0.1) is 4.88 Å². The zero-order valence-corrected chi connectivity index (χ0v) is 12.3.